The van der Waals surface area contributed by atoms with E-state index in [0.717, 1.165) is 15.0 Å². The van der Waals surface area contributed by atoms with Crippen LogP contribution in [0.4, 0.5) is 0 Å². The summed E-state index contributed by atoms with van der Waals surface area (Å²) in [6, 6.07) is 5.13. The second-order valence-electron chi connectivity index (χ2n) is 2.40. The summed E-state index contributed by atoms with van der Waals surface area (Å²) in [4.78, 5) is 0.789. The molecule has 1 nitrogen and oxygen atoms in total. The van der Waals surface area contributed by atoms with E-state index >= 15 is 0 Å². The molecule has 1 heterocycles. The zero-order valence-corrected chi connectivity index (χ0v) is 8.38. The summed E-state index contributed by atoms with van der Waals surface area (Å²) in [5.74, 6) is 0.258. The minimum absolute atomic E-state index is 0.258. The number of thiol groups is 1. The molecule has 0 aliphatic heterocycles. The van der Waals surface area contributed by atoms with Gasteiger partial charge in [-0.05, 0) is 18.2 Å². The van der Waals surface area contributed by atoms with Crippen molar-refractivity contribution < 1.29 is 5.11 Å². The number of rotatable bonds is 0. The second-order valence-corrected chi connectivity index (χ2v) is 4.51. The van der Waals surface area contributed by atoms with E-state index in [1.54, 1.807) is 12.1 Å². The summed E-state index contributed by atoms with van der Waals surface area (Å²) in [6.07, 6.45) is 0. The van der Waals surface area contributed by atoms with Gasteiger partial charge in [-0.2, -0.15) is 0 Å². The zero-order valence-electron chi connectivity index (χ0n) is 5.91. The van der Waals surface area contributed by atoms with Crippen LogP contribution >= 0.6 is 35.6 Å². The fraction of sp³-hybridized carbons (Fsp3) is 0. The minimum Gasteiger partial charge on any atom is -0.508 e. The molecule has 1 aromatic heterocycles. The van der Waals surface area contributed by atoms with E-state index in [9.17, 15) is 0 Å². The first kappa shape index (κ1) is 8.23. The lowest BCUT2D eigenvalue weighted by molar-refractivity contribution is 0.476. The van der Waals surface area contributed by atoms with Gasteiger partial charge in [-0.25, -0.2) is 0 Å². The van der Waals surface area contributed by atoms with E-state index in [4.69, 9.17) is 16.7 Å². The van der Waals surface area contributed by atoms with E-state index in [2.05, 4.69) is 12.6 Å². The van der Waals surface area contributed by atoms with Crippen LogP contribution in [0.3, 0.4) is 0 Å². The van der Waals surface area contributed by atoms with Crippen LogP contribution in [0.15, 0.2) is 23.1 Å². The first-order chi connectivity index (χ1) is 5.68. The smallest absolute Gasteiger partial charge is 0.117 e. The maximum absolute atomic E-state index is 9.17. The quantitative estimate of drug-likeness (QED) is 0.646. The Morgan fingerprint density at radius 3 is 2.92 bits per heavy atom. The molecule has 1 N–H and O–H groups in total. The fourth-order valence-corrected chi connectivity index (χ4v) is 2.66. The Morgan fingerprint density at radius 2 is 2.17 bits per heavy atom. The highest BCUT2D eigenvalue weighted by Crippen LogP contribution is 2.38. The van der Waals surface area contributed by atoms with Crippen LogP contribution in [0.1, 0.15) is 0 Å². The van der Waals surface area contributed by atoms with Crippen molar-refractivity contribution >= 4 is 45.7 Å². The lowest BCUT2D eigenvalue weighted by Gasteiger charge is -1.91. The van der Waals surface area contributed by atoms with Crippen molar-refractivity contribution in [3.8, 4) is 5.75 Å². The summed E-state index contributed by atoms with van der Waals surface area (Å²) in [6.45, 7) is 0. The molecular weight excluding hydrogens is 212 g/mol. The van der Waals surface area contributed by atoms with Gasteiger partial charge < -0.3 is 5.11 Å². The normalized spacial score (nSPS) is 10.8. The number of phenols is 1. The molecule has 0 saturated carbocycles. The Morgan fingerprint density at radius 1 is 1.42 bits per heavy atom. The molecule has 0 unspecified atom stereocenters. The van der Waals surface area contributed by atoms with Crippen LogP contribution in [0.5, 0.6) is 5.75 Å². The van der Waals surface area contributed by atoms with Crippen LogP contribution in [-0.4, -0.2) is 5.11 Å². The number of benzene rings is 1. The number of aromatic hydroxyl groups is 1. The molecule has 2 rings (SSSR count). The van der Waals surface area contributed by atoms with Crippen LogP contribution in [-0.2, 0) is 0 Å². The van der Waals surface area contributed by atoms with Gasteiger partial charge in [0.25, 0.3) is 0 Å². The fourth-order valence-electron chi connectivity index (χ4n) is 1.04. The molecule has 1 aromatic carbocycles. The standard InChI is InChI=1S/C8H5ClOS2/c9-8-7(11)5-2-1-4(10)3-6(5)12-8/h1-3,10-11H. The van der Waals surface area contributed by atoms with Gasteiger partial charge in [0.05, 0.1) is 0 Å². The third-order valence-electron chi connectivity index (χ3n) is 1.61. The van der Waals surface area contributed by atoms with E-state index in [-0.39, 0.29) is 5.75 Å². The van der Waals surface area contributed by atoms with Crippen molar-refractivity contribution in [1.82, 2.24) is 0 Å². The summed E-state index contributed by atoms with van der Waals surface area (Å²) in [7, 11) is 0. The molecule has 4 heteroatoms. The lowest BCUT2D eigenvalue weighted by atomic mass is 10.2. The molecule has 0 saturated heterocycles. The van der Waals surface area contributed by atoms with Crippen molar-refractivity contribution in [2.24, 2.45) is 0 Å². The molecule has 0 atom stereocenters. The molecule has 62 valence electrons. The molecular formula is C8H5ClOS2. The first-order valence-corrected chi connectivity index (χ1v) is 4.92. The van der Waals surface area contributed by atoms with Crippen LogP contribution in [0, 0.1) is 0 Å². The topological polar surface area (TPSA) is 20.2 Å². The van der Waals surface area contributed by atoms with Crippen molar-refractivity contribution in [1.29, 1.82) is 0 Å². The third kappa shape index (κ3) is 1.18. The van der Waals surface area contributed by atoms with Gasteiger partial charge in [0.1, 0.15) is 10.1 Å². The molecule has 0 fully saturated rings. The Labute approximate surface area is 84.0 Å². The van der Waals surface area contributed by atoms with E-state index < -0.39 is 0 Å². The highest BCUT2D eigenvalue weighted by Gasteiger charge is 2.06. The van der Waals surface area contributed by atoms with Gasteiger partial charge in [-0.3, -0.25) is 0 Å². The summed E-state index contributed by atoms with van der Waals surface area (Å²) >= 11 is 11.5. The highest BCUT2D eigenvalue weighted by molar-refractivity contribution is 7.81. The Kier molecular flexibility index (Phi) is 1.94. The predicted octanol–water partition coefficient (Wildman–Crippen LogP) is 3.55. The monoisotopic (exact) mass is 216 g/mol. The van der Waals surface area contributed by atoms with Gasteiger partial charge in [0, 0.05) is 15.0 Å². The molecule has 0 aliphatic carbocycles. The Bertz CT molecular complexity index is 436. The first-order valence-electron chi connectivity index (χ1n) is 3.28. The molecule has 2 aromatic rings. The van der Waals surface area contributed by atoms with Crippen LogP contribution in [0.25, 0.3) is 10.1 Å². The molecule has 12 heavy (non-hydrogen) atoms. The summed E-state index contributed by atoms with van der Waals surface area (Å²) in [5.41, 5.74) is 0. The predicted molar refractivity (Wildman–Crippen MR) is 55.8 cm³/mol. The lowest BCUT2D eigenvalue weighted by Crippen LogP contribution is -1.64. The number of fused-ring (bicyclic) bond motifs is 1. The average molecular weight is 217 g/mol. The molecule has 0 radical (unpaired) electrons. The van der Waals surface area contributed by atoms with Crippen molar-refractivity contribution in [3.63, 3.8) is 0 Å². The number of hydrogen-bond acceptors (Lipinski definition) is 3. The van der Waals surface area contributed by atoms with E-state index in [1.807, 2.05) is 6.07 Å². The largest absolute Gasteiger partial charge is 0.508 e. The van der Waals surface area contributed by atoms with Gasteiger partial charge in [-0.15, -0.1) is 24.0 Å². The summed E-state index contributed by atoms with van der Waals surface area (Å²) in [5, 5.41) is 10.2. The van der Waals surface area contributed by atoms with Crippen molar-refractivity contribution in [2.75, 3.05) is 0 Å². The number of halogens is 1. The maximum atomic E-state index is 9.17. The van der Waals surface area contributed by atoms with E-state index in [1.165, 1.54) is 11.3 Å². The van der Waals surface area contributed by atoms with Gasteiger partial charge in [-0.1, -0.05) is 11.6 Å². The van der Waals surface area contributed by atoms with Gasteiger partial charge in [0.2, 0.25) is 0 Å². The molecule has 0 amide bonds. The van der Waals surface area contributed by atoms with E-state index in [0.29, 0.717) is 4.34 Å². The Balaban J connectivity index is 2.87. The highest BCUT2D eigenvalue weighted by atomic mass is 35.5. The number of thiophene rings is 1. The SMILES string of the molecule is Oc1ccc2c(S)c(Cl)sc2c1. The molecule has 0 aliphatic rings. The number of hydrogen-bond donors (Lipinski definition) is 2. The Hall–Kier alpha value is -0.380. The second kappa shape index (κ2) is 2.83. The van der Waals surface area contributed by atoms with Gasteiger partial charge in [0.15, 0.2) is 0 Å². The maximum Gasteiger partial charge on any atom is 0.117 e. The minimum atomic E-state index is 0.258. The van der Waals surface area contributed by atoms with Crippen LogP contribution in [0.2, 0.25) is 4.34 Å². The molecule has 0 bridgehead atoms. The molecule has 0 spiro atoms. The zero-order chi connectivity index (χ0) is 8.72. The van der Waals surface area contributed by atoms with Crippen LogP contribution < -0.4 is 0 Å². The number of phenolic OH excluding ortho intramolecular Hbond substituents is 1. The average Bonchev–Trinajstić information content (AvgIpc) is 2.28. The summed E-state index contributed by atoms with van der Waals surface area (Å²) < 4.78 is 1.63. The third-order valence-corrected chi connectivity index (χ3v) is 3.72. The van der Waals surface area contributed by atoms with Crippen molar-refractivity contribution in [3.05, 3.63) is 22.5 Å². The van der Waals surface area contributed by atoms with Crippen molar-refractivity contribution in [2.45, 2.75) is 4.90 Å². The van der Waals surface area contributed by atoms with Gasteiger partial charge >= 0.3 is 0 Å².